The topological polar surface area (TPSA) is 97.1 Å². The Labute approximate surface area is 167 Å². The maximum atomic E-state index is 13.7. The van der Waals surface area contributed by atoms with E-state index in [1.54, 1.807) is 25.2 Å². The highest BCUT2D eigenvalue weighted by Crippen LogP contribution is 2.38. The Morgan fingerprint density at radius 2 is 1.87 bits per heavy atom. The highest BCUT2D eigenvalue weighted by atomic mass is 19.4. The van der Waals surface area contributed by atoms with Crippen LogP contribution in [0.3, 0.4) is 0 Å². The number of aromatic amines is 1. The molecule has 0 saturated heterocycles. The van der Waals surface area contributed by atoms with E-state index < -0.39 is 23.3 Å². The number of benzene rings is 1. The summed E-state index contributed by atoms with van der Waals surface area (Å²) < 4.78 is 43.1. The number of hydrogen-bond donors (Lipinski definition) is 2. The monoisotopic (exact) mass is 416 g/mol. The van der Waals surface area contributed by atoms with Gasteiger partial charge in [0.15, 0.2) is 5.65 Å². The van der Waals surface area contributed by atoms with E-state index in [9.17, 15) is 22.8 Å². The third-order valence-electron chi connectivity index (χ3n) is 4.60. The Kier molecular flexibility index (Phi) is 4.45. The number of anilines is 1. The second kappa shape index (κ2) is 6.87. The summed E-state index contributed by atoms with van der Waals surface area (Å²) in [5.41, 5.74) is -2.67. The van der Waals surface area contributed by atoms with Crippen LogP contribution in [-0.2, 0) is 13.2 Å². The number of alkyl halides is 3. The fourth-order valence-corrected chi connectivity index (χ4v) is 3.20. The van der Waals surface area contributed by atoms with Gasteiger partial charge in [0.25, 0.3) is 11.5 Å². The zero-order chi connectivity index (χ0) is 21.6. The van der Waals surface area contributed by atoms with E-state index >= 15 is 0 Å². The normalized spacial score (nSPS) is 11.8. The molecule has 4 rings (SSSR count). The molecule has 11 heteroatoms. The molecule has 3 aromatic heterocycles. The number of amides is 1. The van der Waals surface area contributed by atoms with Gasteiger partial charge in [-0.05, 0) is 12.5 Å². The standard InChI is InChI=1S/C19H15F3N6O2/c1-10-13(17(29)25-12-8-9-23-27(12)2)18(30)28-16(24-10)14(11-6-4-3-5-7-11)15(26-28)19(20,21)22/h3-9,26H,1-2H3,(H,25,29). The van der Waals surface area contributed by atoms with Gasteiger partial charge in [-0.3, -0.25) is 19.4 Å². The van der Waals surface area contributed by atoms with Crippen LogP contribution >= 0.6 is 0 Å². The average Bonchev–Trinajstić information content (AvgIpc) is 3.26. The predicted molar refractivity (Wildman–Crippen MR) is 102 cm³/mol. The summed E-state index contributed by atoms with van der Waals surface area (Å²) in [5, 5.41) is 8.50. The lowest BCUT2D eigenvalue weighted by Crippen LogP contribution is -2.29. The number of nitrogens with one attached hydrogen (secondary N) is 2. The van der Waals surface area contributed by atoms with Crippen LogP contribution in [0.25, 0.3) is 16.8 Å². The van der Waals surface area contributed by atoms with Crippen molar-refractivity contribution in [1.29, 1.82) is 0 Å². The molecule has 1 amide bonds. The van der Waals surface area contributed by atoms with Crippen LogP contribution < -0.4 is 10.9 Å². The van der Waals surface area contributed by atoms with Crippen LogP contribution in [0.15, 0.2) is 47.4 Å². The van der Waals surface area contributed by atoms with Crippen molar-refractivity contribution in [3.8, 4) is 11.1 Å². The highest BCUT2D eigenvalue weighted by Gasteiger charge is 2.38. The fraction of sp³-hybridized carbons (Fsp3) is 0.158. The molecule has 8 nitrogen and oxygen atoms in total. The van der Waals surface area contributed by atoms with Crippen LogP contribution in [0.1, 0.15) is 21.7 Å². The average molecular weight is 416 g/mol. The van der Waals surface area contributed by atoms with Gasteiger partial charge >= 0.3 is 6.18 Å². The SMILES string of the molecule is Cc1nc2c(-c3ccccc3)c(C(F)(F)F)[nH]n2c(=O)c1C(=O)Nc1ccnn1C. The van der Waals surface area contributed by atoms with Crippen molar-refractivity contribution in [2.75, 3.05) is 5.32 Å². The zero-order valence-corrected chi connectivity index (χ0v) is 15.8. The van der Waals surface area contributed by atoms with Crippen LogP contribution in [0, 0.1) is 6.92 Å². The molecule has 0 atom stereocenters. The zero-order valence-electron chi connectivity index (χ0n) is 15.8. The third-order valence-corrected chi connectivity index (χ3v) is 4.60. The summed E-state index contributed by atoms with van der Waals surface area (Å²) in [4.78, 5) is 29.8. The summed E-state index contributed by atoms with van der Waals surface area (Å²) in [6.45, 7) is 1.40. The highest BCUT2D eigenvalue weighted by molar-refractivity contribution is 6.04. The molecule has 154 valence electrons. The molecule has 0 radical (unpaired) electrons. The molecule has 0 aliphatic rings. The molecule has 0 spiro atoms. The van der Waals surface area contributed by atoms with E-state index in [1.807, 2.05) is 0 Å². The lowest BCUT2D eigenvalue weighted by Gasteiger charge is -2.08. The molecule has 3 heterocycles. The molecule has 0 unspecified atom stereocenters. The smallest absolute Gasteiger partial charge is 0.307 e. The third kappa shape index (κ3) is 3.13. The van der Waals surface area contributed by atoms with Gasteiger partial charge in [-0.15, -0.1) is 0 Å². The largest absolute Gasteiger partial charge is 0.433 e. The first kappa shape index (κ1) is 19.4. The van der Waals surface area contributed by atoms with E-state index in [-0.39, 0.29) is 28.0 Å². The van der Waals surface area contributed by atoms with Gasteiger partial charge < -0.3 is 5.32 Å². The molecule has 1 aromatic carbocycles. The summed E-state index contributed by atoms with van der Waals surface area (Å²) in [6, 6.07) is 9.32. The van der Waals surface area contributed by atoms with E-state index in [0.29, 0.717) is 10.3 Å². The van der Waals surface area contributed by atoms with E-state index in [4.69, 9.17) is 0 Å². The number of fused-ring (bicyclic) bond motifs is 1. The maximum Gasteiger partial charge on any atom is 0.433 e. The first-order chi connectivity index (χ1) is 14.2. The summed E-state index contributed by atoms with van der Waals surface area (Å²) >= 11 is 0. The molecule has 0 aliphatic heterocycles. The lowest BCUT2D eigenvalue weighted by molar-refractivity contribution is -0.140. The quantitative estimate of drug-likeness (QED) is 0.537. The van der Waals surface area contributed by atoms with Crippen molar-refractivity contribution in [2.45, 2.75) is 13.1 Å². The van der Waals surface area contributed by atoms with Crippen LogP contribution in [0.4, 0.5) is 19.0 Å². The second-order valence-corrected chi connectivity index (χ2v) is 6.56. The predicted octanol–water partition coefficient (Wildman–Crippen LogP) is 3.00. The Bertz CT molecular complexity index is 1320. The number of rotatable bonds is 3. The van der Waals surface area contributed by atoms with Gasteiger partial charge in [0, 0.05) is 13.1 Å². The number of carbonyl (C=O) groups excluding carboxylic acids is 1. The number of aromatic nitrogens is 5. The van der Waals surface area contributed by atoms with Crippen molar-refractivity contribution >= 4 is 17.4 Å². The summed E-state index contributed by atoms with van der Waals surface area (Å²) in [5.74, 6) is -0.483. The number of nitrogens with zero attached hydrogens (tertiary/aromatic N) is 4. The number of hydrogen-bond acceptors (Lipinski definition) is 4. The minimum Gasteiger partial charge on any atom is -0.307 e. The molecule has 4 aromatic rings. The van der Waals surface area contributed by atoms with Crippen molar-refractivity contribution in [2.24, 2.45) is 7.05 Å². The van der Waals surface area contributed by atoms with Gasteiger partial charge in [0.1, 0.15) is 17.1 Å². The second-order valence-electron chi connectivity index (χ2n) is 6.56. The number of carbonyl (C=O) groups is 1. The fourth-order valence-electron chi connectivity index (χ4n) is 3.20. The van der Waals surface area contributed by atoms with Crippen LogP contribution in [0.2, 0.25) is 0 Å². The molecule has 2 N–H and O–H groups in total. The number of halogens is 3. The Morgan fingerprint density at radius 3 is 2.47 bits per heavy atom. The van der Waals surface area contributed by atoms with Gasteiger partial charge in [0.2, 0.25) is 0 Å². The van der Waals surface area contributed by atoms with Crippen molar-refractivity contribution in [3.05, 3.63) is 69.9 Å². The van der Waals surface area contributed by atoms with E-state index in [0.717, 1.165) is 0 Å². The van der Waals surface area contributed by atoms with Crippen molar-refractivity contribution in [3.63, 3.8) is 0 Å². The Balaban J connectivity index is 1.94. The van der Waals surface area contributed by atoms with Crippen LogP contribution in [-0.4, -0.2) is 30.3 Å². The molecule has 0 fully saturated rings. The van der Waals surface area contributed by atoms with E-state index in [1.165, 1.54) is 36.0 Å². The minimum absolute atomic E-state index is 0.00424. The number of H-pyrrole nitrogens is 1. The number of aryl methyl sites for hydroxylation is 2. The van der Waals surface area contributed by atoms with Gasteiger partial charge in [-0.25, -0.2) is 4.98 Å². The molecule has 0 saturated carbocycles. The summed E-state index contributed by atoms with van der Waals surface area (Å²) in [6.07, 6.45) is -3.32. The minimum atomic E-state index is -4.77. The first-order valence-corrected chi connectivity index (χ1v) is 8.75. The van der Waals surface area contributed by atoms with Gasteiger partial charge in [0.05, 0.1) is 17.5 Å². The Morgan fingerprint density at radius 1 is 1.17 bits per heavy atom. The first-order valence-electron chi connectivity index (χ1n) is 8.75. The molecular weight excluding hydrogens is 401 g/mol. The summed E-state index contributed by atoms with van der Waals surface area (Å²) in [7, 11) is 1.59. The lowest BCUT2D eigenvalue weighted by atomic mass is 10.1. The maximum absolute atomic E-state index is 13.7. The van der Waals surface area contributed by atoms with Crippen LogP contribution in [0.5, 0.6) is 0 Å². The van der Waals surface area contributed by atoms with Gasteiger partial charge in [-0.2, -0.15) is 22.8 Å². The van der Waals surface area contributed by atoms with Gasteiger partial charge in [-0.1, -0.05) is 30.3 Å². The van der Waals surface area contributed by atoms with E-state index in [2.05, 4.69) is 20.5 Å². The van der Waals surface area contributed by atoms with Crippen molar-refractivity contribution < 1.29 is 18.0 Å². The molecule has 30 heavy (non-hydrogen) atoms. The van der Waals surface area contributed by atoms with Crippen molar-refractivity contribution in [1.82, 2.24) is 24.4 Å². The molecular formula is C19H15F3N6O2. The molecule has 0 bridgehead atoms. The Hall–Kier alpha value is -3.89. The molecule has 0 aliphatic carbocycles.